The van der Waals surface area contributed by atoms with Crippen molar-refractivity contribution in [1.82, 2.24) is 0 Å². The summed E-state index contributed by atoms with van der Waals surface area (Å²) in [6.45, 7) is 0.440. The fourth-order valence-corrected chi connectivity index (χ4v) is 3.90. The Hall–Kier alpha value is -3.36. The molecule has 0 heterocycles. The summed E-state index contributed by atoms with van der Waals surface area (Å²) in [5, 5.41) is 2.79. The minimum absolute atomic E-state index is 0.0343. The molecule has 0 atom stereocenters. The van der Waals surface area contributed by atoms with Gasteiger partial charge in [-0.25, -0.2) is 8.42 Å². The molecule has 1 amide bonds. The lowest BCUT2D eigenvalue weighted by atomic mass is 10.2. The topological polar surface area (TPSA) is 93.7 Å². The van der Waals surface area contributed by atoms with Crippen LogP contribution in [-0.2, 0) is 21.4 Å². The summed E-state index contributed by atoms with van der Waals surface area (Å²) in [7, 11) is -0.770. The van der Waals surface area contributed by atoms with Crippen LogP contribution >= 0.6 is 0 Å². The van der Waals surface area contributed by atoms with Crippen LogP contribution in [0.1, 0.15) is 15.9 Å². The Labute approximate surface area is 175 Å². The summed E-state index contributed by atoms with van der Waals surface area (Å²) in [5.74, 6) is 0.0685. The van der Waals surface area contributed by atoms with E-state index >= 15 is 0 Å². The van der Waals surface area contributed by atoms with Crippen LogP contribution in [0.15, 0.2) is 77.7 Å². The summed E-state index contributed by atoms with van der Waals surface area (Å²) >= 11 is 0. The van der Waals surface area contributed by atoms with Gasteiger partial charge in [0.15, 0.2) is 0 Å². The van der Waals surface area contributed by atoms with E-state index in [4.69, 9.17) is 9.47 Å². The molecule has 2 N–H and O–H groups in total. The van der Waals surface area contributed by atoms with E-state index in [0.717, 1.165) is 5.56 Å². The molecule has 0 bridgehead atoms. The smallest absolute Gasteiger partial charge is 0.262 e. The van der Waals surface area contributed by atoms with E-state index in [0.29, 0.717) is 29.3 Å². The fourth-order valence-electron chi connectivity index (χ4n) is 2.83. The molecule has 0 fully saturated rings. The van der Waals surface area contributed by atoms with Crippen molar-refractivity contribution in [2.24, 2.45) is 0 Å². The predicted octanol–water partition coefficient (Wildman–Crippen LogP) is 3.89. The Bertz CT molecular complexity index is 1130. The van der Waals surface area contributed by atoms with Gasteiger partial charge in [-0.15, -0.1) is 0 Å². The van der Waals surface area contributed by atoms with E-state index in [-0.39, 0.29) is 10.8 Å². The SMILES string of the molecule is COCc1cccc(NC(=O)c2ccc(S(=O)(=O)Nc3ccccc3OC)cc2)c1. The molecule has 0 unspecified atom stereocenters. The quantitative estimate of drug-likeness (QED) is 0.570. The van der Waals surface area contributed by atoms with E-state index in [1.807, 2.05) is 18.2 Å². The van der Waals surface area contributed by atoms with Gasteiger partial charge in [-0.3, -0.25) is 9.52 Å². The maximum Gasteiger partial charge on any atom is 0.262 e. The van der Waals surface area contributed by atoms with Gasteiger partial charge in [-0.2, -0.15) is 0 Å². The van der Waals surface area contributed by atoms with Gasteiger partial charge in [-0.05, 0) is 54.1 Å². The second-order valence-corrected chi connectivity index (χ2v) is 8.10. The Morgan fingerprint density at radius 2 is 1.67 bits per heavy atom. The highest BCUT2D eigenvalue weighted by Gasteiger charge is 2.17. The first-order valence-corrected chi connectivity index (χ1v) is 10.6. The molecule has 0 aliphatic rings. The molecular formula is C22H22N2O5S. The van der Waals surface area contributed by atoms with Crippen LogP contribution < -0.4 is 14.8 Å². The number of ether oxygens (including phenoxy) is 2. The zero-order valence-electron chi connectivity index (χ0n) is 16.6. The van der Waals surface area contributed by atoms with Crippen LogP contribution in [-0.4, -0.2) is 28.5 Å². The molecule has 0 spiro atoms. The molecule has 0 saturated carbocycles. The normalized spacial score (nSPS) is 11.0. The van der Waals surface area contributed by atoms with E-state index < -0.39 is 10.0 Å². The number of carbonyl (C=O) groups is 1. The van der Waals surface area contributed by atoms with Gasteiger partial charge in [0.2, 0.25) is 0 Å². The second kappa shape index (κ2) is 9.43. The molecule has 156 valence electrons. The van der Waals surface area contributed by atoms with Gasteiger partial charge in [0.1, 0.15) is 5.75 Å². The lowest BCUT2D eigenvalue weighted by molar-refractivity contribution is 0.102. The minimum Gasteiger partial charge on any atom is -0.495 e. The summed E-state index contributed by atoms with van der Waals surface area (Å²) in [5.41, 5.74) is 2.23. The zero-order chi connectivity index (χ0) is 21.6. The van der Waals surface area contributed by atoms with Crippen molar-refractivity contribution in [1.29, 1.82) is 0 Å². The number of methoxy groups -OCH3 is 2. The zero-order valence-corrected chi connectivity index (χ0v) is 17.4. The lowest BCUT2D eigenvalue weighted by Crippen LogP contribution is -2.15. The highest BCUT2D eigenvalue weighted by atomic mass is 32.2. The molecule has 30 heavy (non-hydrogen) atoms. The van der Waals surface area contributed by atoms with Gasteiger partial charge < -0.3 is 14.8 Å². The van der Waals surface area contributed by atoms with E-state index in [1.165, 1.54) is 31.4 Å². The number of nitrogens with one attached hydrogen (secondary N) is 2. The van der Waals surface area contributed by atoms with Crippen molar-refractivity contribution >= 4 is 27.3 Å². The molecule has 3 aromatic rings. The number of hydrogen-bond acceptors (Lipinski definition) is 5. The number of para-hydroxylation sites is 2. The Morgan fingerprint density at radius 3 is 2.37 bits per heavy atom. The van der Waals surface area contributed by atoms with Crippen molar-refractivity contribution in [3.8, 4) is 5.75 Å². The van der Waals surface area contributed by atoms with Crippen molar-refractivity contribution in [3.05, 3.63) is 83.9 Å². The van der Waals surface area contributed by atoms with Gasteiger partial charge in [-0.1, -0.05) is 24.3 Å². The Balaban J connectivity index is 1.73. The summed E-state index contributed by atoms with van der Waals surface area (Å²) in [6.07, 6.45) is 0. The number of amides is 1. The maximum atomic E-state index is 12.7. The van der Waals surface area contributed by atoms with Gasteiger partial charge in [0.25, 0.3) is 15.9 Å². The van der Waals surface area contributed by atoms with Crippen LogP contribution in [0.3, 0.4) is 0 Å². The number of carbonyl (C=O) groups excluding carboxylic acids is 1. The molecule has 8 heteroatoms. The molecule has 0 saturated heterocycles. The molecule has 0 radical (unpaired) electrons. The first-order valence-electron chi connectivity index (χ1n) is 9.08. The highest BCUT2D eigenvalue weighted by Crippen LogP contribution is 2.26. The van der Waals surface area contributed by atoms with Crippen LogP contribution in [0.5, 0.6) is 5.75 Å². The van der Waals surface area contributed by atoms with Crippen LogP contribution in [0.4, 0.5) is 11.4 Å². The summed E-state index contributed by atoms with van der Waals surface area (Å²) < 4.78 is 38.1. The molecule has 0 aliphatic carbocycles. The van der Waals surface area contributed by atoms with Crippen molar-refractivity contribution in [2.75, 3.05) is 24.3 Å². The van der Waals surface area contributed by atoms with Crippen molar-refractivity contribution in [3.63, 3.8) is 0 Å². The third-order valence-corrected chi connectivity index (χ3v) is 5.66. The predicted molar refractivity (Wildman–Crippen MR) is 115 cm³/mol. The average molecular weight is 426 g/mol. The summed E-state index contributed by atoms with van der Waals surface area (Å²) in [4.78, 5) is 12.5. The van der Waals surface area contributed by atoms with E-state index in [1.54, 1.807) is 37.4 Å². The third kappa shape index (κ3) is 5.16. The molecule has 0 aliphatic heterocycles. The monoisotopic (exact) mass is 426 g/mol. The van der Waals surface area contributed by atoms with Crippen molar-refractivity contribution in [2.45, 2.75) is 11.5 Å². The minimum atomic E-state index is -3.83. The first kappa shape index (κ1) is 21.4. The Kier molecular flexibility index (Phi) is 6.71. The third-order valence-electron chi connectivity index (χ3n) is 4.27. The van der Waals surface area contributed by atoms with Gasteiger partial charge in [0, 0.05) is 18.4 Å². The second-order valence-electron chi connectivity index (χ2n) is 6.42. The van der Waals surface area contributed by atoms with Crippen molar-refractivity contribution < 1.29 is 22.7 Å². The van der Waals surface area contributed by atoms with E-state index in [2.05, 4.69) is 10.0 Å². The number of anilines is 2. The molecule has 3 rings (SSSR count). The number of benzene rings is 3. The van der Waals surface area contributed by atoms with Gasteiger partial charge in [0.05, 0.1) is 24.3 Å². The molecule has 7 nitrogen and oxygen atoms in total. The Morgan fingerprint density at radius 1 is 0.933 bits per heavy atom. The average Bonchev–Trinajstić information content (AvgIpc) is 2.74. The van der Waals surface area contributed by atoms with Crippen LogP contribution in [0.25, 0.3) is 0 Å². The highest BCUT2D eigenvalue weighted by molar-refractivity contribution is 7.92. The summed E-state index contributed by atoms with van der Waals surface area (Å²) in [6, 6.07) is 19.7. The first-order chi connectivity index (χ1) is 14.4. The standard InChI is InChI=1S/C22H22N2O5S/c1-28-15-16-6-5-7-18(14-16)23-22(25)17-10-12-19(13-11-17)30(26,27)24-20-8-3-4-9-21(20)29-2/h3-14,24H,15H2,1-2H3,(H,23,25). The lowest BCUT2D eigenvalue weighted by Gasteiger charge is -2.12. The number of sulfonamides is 1. The largest absolute Gasteiger partial charge is 0.495 e. The van der Waals surface area contributed by atoms with Crippen LogP contribution in [0.2, 0.25) is 0 Å². The van der Waals surface area contributed by atoms with Gasteiger partial charge >= 0.3 is 0 Å². The number of hydrogen-bond donors (Lipinski definition) is 2. The number of rotatable bonds is 8. The molecular weight excluding hydrogens is 404 g/mol. The molecule has 0 aromatic heterocycles. The molecule has 3 aromatic carbocycles. The fraction of sp³-hybridized carbons (Fsp3) is 0.136. The van der Waals surface area contributed by atoms with E-state index in [9.17, 15) is 13.2 Å². The van der Waals surface area contributed by atoms with Crippen LogP contribution in [0, 0.1) is 0 Å². The maximum absolute atomic E-state index is 12.7.